The van der Waals surface area contributed by atoms with Crippen molar-refractivity contribution in [3.63, 3.8) is 0 Å². The van der Waals surface area contributed by atoms with E-state index in [0.29, 0.717) is 4.47 Å². The average Bonchev–Trinajstić information content (AvgIpc) is 2.32. The van der Waals surface area contributed by atoms with Crippen LogP contribution in [0.1, 0.15) is 39.2 Å². The molecule has 1 aromatic rings. The van der Waals surface area contributed by atoms with Crippen molar-refractivity contribution in [2.24, 2.45) is 0 Å². The van der Waals surface area contributed by atoms with Crippen LogP contribution in [-0.2, 0) is 0 Å². The normalized spacial score (nSPS) is 17.4. The van der Waals surface area contributed by atoms with Gasteiger partial charge in [-0.3, -0.25) is 4.79 Å². The maximum Gasteiger partial charge on any atom is 0.283 e. The molecule has 0 atom stereocenters. The standard InChI is InChI=1S/C14H23BrN4O/c1-10(2)19-13(20)12(15)11(8-17-19)16-9-14(18(3)4)6-5-7-14/h8,10,16H,5-7,9H2,1-4H3. The summed E-state index contributed by atoms with van der Waals surface area (Å²) in [7, 11) is 4.23. The fourth-order valence-corrected chi connectivity index (χ4v) is 2.99. The highest BCUT2D eigenvalue weighted by Gasteiger charge is 2.38. The van der Waals surface area contributed by atoms with Gasteiger partial charge in [-0.15, -0.1) is 0 Å². The summed E-state index contributed by atoms with van der Waals surface area (Å²) in [5.74, 6) is 0. The summed E-state index contributed by atoms with van der Waals surface area (Å²) in [6, 6.07) is 0.0626. The molecule has 5 nitrogen and oxygen atoms in total. The van der Waals surface area contributed by atoms with Gasteiger partial charge in [-0.05, 0) is 63.1 Å². The van der Waals surface area contributed by atoms with E-state index in [1.807, 2.05) is 13.8 Å². The molecule has 112 valence electrons. The maximum absolute atomic E-state index is 12.2. The van der Waals surface area contributed by atoms with Gasteiger partial charge >= 0.3 is 0 Å². The quantitative estimate of drug-likeness (QED) is 0.892. The number of nitrogens with one attached hydrogen (secondary N) is 1. The Kier molecular flexibility index (Phi) is 4.54. The van der Waals surface area contributed by atoms with Gasteiger partial charge < -0.3 is 10.2 Å². The van der Waals surface area contributed by atoms with Crippen molar-refractivity contribution >= 4 is 21.6 Å². The topological polar surface area (TPSA) is 50.2 Å². The average molecular weight is 343 g/mol. The highest BCUT2D eigenvalue weighted by Crippen LogP contribution is 2.36. The van der Waals surface area contributed by atoms with E-state index in [1.54, 1.807) is 6.20 Å². The minimum Gasteiger partial charge on any atom is -0.381 e. The van der Waals surface area contributed by atoms with E-state index < -0.39 is 0 Å². The lowest BCUT2D eigenvalue weighted by atomic mass is 9.75. The molecule has 1 aliphatic carbocycles. The zero-order chi connectivity index (χ0) is 14.9. The number of hydrogen-bond acceptors (Lipinski definition) is 4. The fourth-order valence-electron chi connectivity index (χ4n) is 2.56. The Morgan fingerprint density at radius 2 is 2.15 bits per heavy atom. The number of likely N-dealkylation sites (N-methyl/N-ethyl adjacent to an activating group) is 1. The maximum atomic E-state index is 12.2. The second-order valence-electron chi connectivity index (χ2n) is 6.04. The monoisotopic (exact) mass is 342 g/mol. The number of halogens is 1. The Bertz CT molecular complexity index is 534. The lowest BCUT2D eigenvalue weighted by Crippen LogP contribution is -2.54. The van der Waals surface area contributed by atoms with E-state index in [2.05, 4.69) is 45.3 Å². The van der Waals surface area contributed by atoms with Gasteiger partial charge in [-0.2, -0.15) is 5.10 Å². The van der Waals surface area contributed by atoms with Crippen LogP contribution >= 0.6 is 15.9 Å². The highest BCUT2D eigenvalue weighted by atomic mass is 79.9. The zero-order valence-electron chi connectivity index (χ0n) is 12.6. The van der Waals surface area contributed by atoms with Crippen LogP contribution in [-0.4, -0.2) is 40.9 Å². The minimum atomic E-state index is -0.0856. The van der Waals surface area contributed by atoms with Crippen molar-refractivity contribution in [1.29, 1.82) is 0 Å². The lowest BCUT2D eigenvalue weighted by Gasteiger charge is -2.47. The fraction of sp³-hybridized carbons (Fsp3) is 0.714. The van der Waals surface area contributed by atoms with Crippen molar-refractivity contribution in [3.8, 4) is 0 Å². The van der Waals surface area contributed by atoms with Crippen LogP contribution in [0.15, 0.2) is 15.5 Å². The molecule has 1 N–H and O–H groups in total. The second kappa shape index (κ2) is 5.85. The van der Waals surface area contributed by atoms with Gasteiger partial charge in [0.15, 0.2) is 0 Å². The molecule has 0 aromatic carbocycles. The molecule has 0 aliphatic heterocycles. The van der Waals surface area contributed by atoms with Crippen molar-refractivity contribution in [1.82, 2.24) is 14.7 Å². The molecule has 1 fully saturated rings. The first-order valence-corrected chi connectivity index (χ1v) is 7.85. The molecule has 6 heteroatoms. The first-order valence-electron chi connectivity index (χ1n) is 7.06. The number of aromatic nitrogens is 2. The third-order valence-corrected chi connectivity index (χ3v) is 5.04. The summed E-state index contributed by atoms with van der Waals surface area (Å²) >= 11 is 3.39. The molecule has 0 unspecified atom stereocenters. The second-order valence-corrected chi connectivity index (χ2v) is 6.83. The first kappa shape index (κ1) is 15.5. The van der Waals surface area contributed by atoms with Gasteiger partial charge in [-0.1, -0.05) is 0 Å². The number of rotatable bonds is 5. The molecule has 0 bridgehead atoms. The summed E-state index contributed by atoms with van der Waals surface area (Å²) in [5, 5.41) is 7.61. The Hall–Kier alpha value is -0.880. The molecule has 20 heavy (non-hydrogen) atoms. The van der Waals surface area contributed by atoms with Crippen LogP contribution in [0.2, 0.25) is 0 Å². The van der Waals surface area contributed by atoms with Crippen molar-refractivity contribution in [2.45, 2.75) is 44.7 Å². The van der Waals surface area contributed by atoms with Crippen LogP contribution in [0, 0.1) is 0 Å². The van der Waals surface area contributed by atoms with E-state index in [-0.39, 0.29) is 17.1 Å². The molecule has 1 aliphatic rings. The van der Waals surface area contributed by atoms with Gasteiger partial charge in [-0.25, -0.2) is 4.68 Å². The van der Waals surface area contributed by atoms with Gasteiger partial charge in [0.1, 0.15) is 4.47 Å². The molecule has 0 saturated heterocycles. The van der Waals surface area contributed by atoms with Gasteiger partial charge in [0.25, 0.3) is 5.56 Å². The predicted molar refractivity (Wildman–Crippen MR) is 85.3 cm³/mol. The Morgan fingerprint density at radius 3 is 2.60 bits per heavy atom. The molecule has 0 spiro atoms. The first-order chi connectivity index (χ1) is 9.37. The number of anilines is 1. The van der Waals surface area contributed by atoms with Crippen LogP contribution in [0.3, 0.4) is 0 Å². The molecule has 2 rings (SSSR count). The molecular weight excluding hydrogens is 320 g/mol. The van der Waals surface area contributed by atoms with Crippen LogP contribution in [0.5, 0.6) is 0 Å². The van der Waals surface area contributed by atoms with Crippen molar-refractivity contribution in [2.75, 3.05) is 26.0 Å². The SMILES string of the molecule is CC(C)n1ncc(NCC2(N(C)C)CCC2)c(Br)c1=O. The molecule has 0 amide bonds. The predicted octanol–water partition coefficient (Wildman–Crippen LogP) is 2.48. The van der Waals surface area contributed by atoms with Gasteiger partial charge in [0.05, 0.1) is 17.9 Å². The minimum absolute atomic E-state index is 0.0626. The number of hydrogen-bond donors (Lipinski definition) is 1. The van der Waals surface area contributed by atoms with Gasteiger partial charge in [0.2, 0.25) is 0 Å². The van der Waals surface area contributed by atoms with E-state index in [0.717, 1.165) is 12.2 Å². The summed E-state index contributed by atoms with van der Waals surface area (Å²) < 4.78 is 2.05. The Labute approximate surface area is 128 Å². The van der Waals surface area contributed by atoms with Crippen molar-refractivity contribution < 1.29 is 0 Å². The van der Waals surface area contributed by atoms with Crippen LogP contribution in [0.4, 0.5) is 5.69 Å². The molecular formula is C14H23BrN4O. The van der Waals surface area contributed by atoms with E-state index >= 15 is 0 Å². The molecule has 1 saturated carbocycles. The Morgan fingerprint density at radius 1 is 1.50 bits per heavy atom. The molecule has 0 radical (unpaired) electrons. The Balaban J connectivity index is 2.15. The van der Waals surface area contributed by atoms with E-state index in [4.69, 9.17) is 0 Å². The summed E-state index contributed by atoms with van der Waals surface area (Å²) in [6.07, 6.45) is 5.39. The third-order valence-electron chi connectivity index (χ3n) is 4.27. The smallest absolute Gasteiger partial charge is 0.283 e. The van der Waals surface area contributed by atoms with Gasteiger partial charge in [0, 0.05) is 12.1 Å². The number of nitrogens with zero attached hydrogens (tertiary/aromatic N) is 3. The van der Waals surface area contributed by atoms with E-state index in [9.17, 15) is 4.79 Å². The third kappa shape index (κ3) is 2.76. The molecule has 1 heterocycles. The molecule has 1 aromatic heterocycles. The van der Waals surface area contributed by atoms with Crippen LogP contribution in [0.25, 0.3) is 0 Å². The largest absolute Gasteiger partial charge is 0.381 e. The zero-order valence-corrected chi connectivity index (χ0v) is 14.2. The van der Waals surface area contributed by atoms with Crippen LogP contribution < -0.4 is 10.9 Å². The summed E-state index contributed by atoms with van der Waals surface area (Å²) in [4.78, 5) is 14.5. The van der Waals surface area contributed by atoms with E-state index in [1.165, 1.54) is 23.9 Å². The van der Waals surface area contributed by atoms with Crippen molar-refractivity contribution in [3.05, 3.63) is 21.0 Å². The summed E-state index contributed by atoms with van der Waals surface area (Å²) in [6.45, 7) is 4.73. The highest BCUT2D eigenvalue weighted by molar-refractivity contribution is 9.10. The summed E-state index contributed by atoms with van der Waals surface area (Å²) in [5.41, 5.74) is 0.907. The lowest BCUT2D eigenvalue weighted by molar-refractivity contribution is 0.0739.